The molecule has 2 aliphatic heterocycles. The van der Waals surface area contributed by atoms with Gasteiger partial charge in [0.05, 0.1) is 19.1 Å². The molecule has 0 radical (unpaired) electrons. The predicted octanol–water partition coefficient (Wildman–Crippen LogP) is 2.97. The van der Waals surface area contributed by atoms with Crippen LogP contribution in [0.2, 0.25) is 0 Å². The van der Waals surface area contributed by atoms with Crippen molar-refractivity contribution in [1.29, 1.82) is 0 Å². The van der Waals surface area contributed by atoms with Crippen molar-refractivity contribution in [3.05, 3.63) is 54.5 Å². The molecule has 2 aromatic carbocycles. The molecule has 0 aromatic heterocycles. The lowest BCUT2D eigenvalue weighted by Crippen LogP contribution is -2.53. The highest BCUT2D eigenvalue weighted by Gasteiger charge is 2.63. The molecular formula is C27H30F3N2O10P. The highest BCUT2D eigenvalue weighted by molar-refractivity contribution is 7.52. The number of ether oxygens (including phenoxy) is 2. The van der Waals surface area contributed by atoms with Gasteiger partial charge in [-0.2, -0.15) is 5.09 Å². The third-order valence-corrected chi connectivity index (χ3v) is 8.31. The van der Waals surface area contributed by atoms with Crippen molar-refractivity contribution in [2.45, 2.75) is 69.8 Å². The molecule has 43 heavy (non-hydrogen) atoms. The van der Waals surface area contributed by atoms with Crippen LogP contribution < -0.4 is 9.61 Å². The zero-order chi connectivity index (χ0) is 31.7. The Morgan fingerprint density at radius 1 is 1.16 bits per heavy atom. The number of halogens is 3. The molecule has 234 valence electrons. The van der Waals surface area contributed by atoms with Crippen LogP contribution in [0, 0.1) is 0 Å². The lowest BCUT2D eigenvalue weighted by atomic mass is 9.96. The van der Waals surface area contributed by atoms with Gasteiger partial charge in [-0.15, -0.1) is 0 Å². The SMILES string of the molecule is CC(C)OC(=O)[C@H](C)NP(=O)(OC[C@@]1(C(F)F)O[C@@H](N2C=C(F)C(=O)CC2=O)[C@H](O)[C@@H]1O)Oc1cccc2ccccc12. The minimum absolute atomic E-state index is 0.0144. The number of aliphatic hydroxyl groups is 2. The van der Waals surface area contributed by atoms with Crippen molar-refractivity contribution in [3.63, 3.8) is 0 Å². The number of hydrogen-bond acceptors (Lipinski definition) is 10. The maximum absolute atomic E-state index is 14.6. The summed E-state index contributed by atoms with van der Waals surface area (Å²) in [4.78, 5) is 36.7. The Kier molecular flexibility index (Phi) is 9.64. The van der Waals surface area contributed by atoms with Gasteiger partial charge in [-0.05, 0) is 32.2 Å². The summed E-state index contributed by atoms with van der Waals surface area (Å²) in [5.74, 6) is -4.53. The Bertz CT molecular complexity index is 1470. The lowest BCUT2D eigenvalue weighted by Gasteiger charge is -2.33. The number of alkyl halides is 2. The first-order valence-corrected chi connectivity index (χ1v) is 14.7. The number of rotatable bonds is 11. The highest BCUT2D eigenvalue weighted by Crippen LogP contribution is 2.49. The van der Waals surface area contributed by atoms with Crippen molar-refractivity contribution in [1.82, 2.24) is 9.99 Å². The van der Waals surface area contributed by atoms with Gasteiger partial charge >= 0.3 is 13.7 Å². The molecule has 1 saturated heterocycles. The second kappa shape index (κ2) is 12.7. The van der Waals surface area contributed by atoms with E-state index in [9.17, 15) is 42.3 Å². The average molecular weight is 631 g/mol. The van der Waals surface area contributed by atoms with Gasteiger partial charge in [0.2, 0.25) is 11.7 Å². The van der Waals surface area contributed by atoms with Crippen LogP contribution in [-0.2, 0) is 32.9 Å². The summed E-state index contributed by atoms with van der Waals surface area (Å²) in [5.41, 5.74) is -3.13. The van der Waals surface area contributed by atoms with E-state index in [2.05, 4.69) is 5.09 Å². The molecule has 3 N–H and O–H groups in total. The second-order valence-electron chi connectivity index (χ2n) is 10.3. The molecule has 1 amide bonds. The van der Waals surface area contributed by atoms with Gasteiger partial charge in [-0.1, -0.05) is 36.4 Å². The standard InChI is InChI=1S/C27H30F3N2O10P/c1-14(2)40-25(37)15(3)31-43(38,42-20-10-6-8-16-7-4-5-9-17(16)20)39-13-27(26(29)30)23(36)22(35)24(41-27)32-12-18(28)19(33)11-21(32)34/h4-10,12,14-15,22-24,26,35-36H,11,13H2,1-3H3,(H,31,38)/t15-,22+,23-,24+,27+,43?/m0/s1. The molecule has 0 bridgehead atoms. The number of carbonyl (C=O) groups excluding carboxylic acids is 3. The third-order valence-electron chi connectivity index (χ3n) is 6.70. The molecule has 0 saturated carbocycles. The van der Waals surface area contributed by atoms with Crippen LogP contribution >= 0.6 is 7.75 Å². The monoisotopic (exact) mass is 630 g/mol. The van der Waals surface area contributed by atoms with Gasteiger partial charge in [0.15, 0.2) is 17.7 Å². The summed E-state index contributed by atoms with van der Waals surface area (Å²) in [5, 5.41) is 24.7. The Labute approximate surface area is 243 Å². The van der Waals surface area contributed by atoms with Crippen molar-refractivity contribution in [3.8, 4) is 5.75 Å². The van der Waals surface area contributed by atoms with E-state index in [-0.39, 0.29) is 5.75 Å². The molecule has 2 heterocycles. The molecule has 4 rings (SSSR count). The molecule has 1 fully saturated rings. The minimum atomic E-state index is -4.82. The summed E-state index contributed by atoms with van der Waals surface area (Å²) in [6.45, 7) is 3.00. The summed E-state index contributed by atoms with van der Waals surface area (Å²) in [6, 6.07) is 10.1. The molecule has 16 heteroatoms. The van der Waals surface area contributed by atoms with Crippen LogP contribution in [0.15, 0.2) is 54.5 Å². The van der Waals surface area contributed by atoms with Gasteiger partial charge in [0, 0.05) is 11.6 Å². The number of allylic oxidation sites excluding steroid dienone is 1. The normalized spacial score (nSPS) is 26.5. The number of carbonyl (C=O) groups is 3. The molecule has 1 unspecified atom stereocenters. The molecule has 2 aromatic rings. The van der Waals surface area contributed by atoms with E-state index in [1.165, 1.54) is 13.0 Å². The number of hydrogen-bond donors (Lipinski definition) is 3. The average Bonchev–Trinajstić information content (AvgIpc) is 3.20. The van der Waals surface area contributed by atoms with Crippen LogP contribution in [0.4, 0.5) is 13.2 Å². The first-order chi connectivity index (χ1) is 20.2. The molecule has 6 atom stereocenters. The van der Waals surface area contributed by atoms with Gasteiger partial charge in [0.25, 0.3) is 6.43 Å². The second-order valence-corrected chi connectivity index (χ2v) is 11.9. The summed E-state index contributed by atoms with van der Waals surface area (Å²) >= 11 is 0. The number of Topliss-reactive ketones (excluding diaryl/α,β-unsaturated/α-hetero) is 1. The fraction of sp³-hybridized carbons (Fsp3) is 0.444. The van der Waals surface area contributed by atoms with E-state index in [0.717, 1.165) is 0 Å². The van der Waals surface area contributed by atoms with Gasteiger partial charge in [0.1, 0.15) is 24.0 Å². The number of esters is 1. The Hall–Kier alpha value is -3.33. The molecular weight excluding hydrogens is 600 g/mol. The number of aliphatic hydroxyl groups excluding tert-OH is 2. The van der Waals surface area contributed by atoms with E-state index in [0.29, 0.717) is 21.9 Å². The number of nitrogens with one attached hydrogen (secondary N) is 1. The molecule has 0 spiro atoms. The zero-order valence-electron chi connectivity index (χ0n) is 23.2. The molecule has 2 aliphatic rings. The zero-order valence-corrected chi connectivity index (χ0v) is 24.1. The van der Waals surface area contributed by atoms with Crippen LogP contribution in [-0.4, -0.2) is 82.0 Å². The van der Waals surface area contributed by atoms with Gasteiger partial charge < -0.3 is 24.2 Å². The van der Waals surface area contributed by atoms with E-state index >= 15 is 0 Å². The number of ketones is 1. The van der Waals surface area contributed by atoms with E-state index in [1.54, 1.807) is 50.2 Å². The van der Waals surface area contributed by atoms with Crippen molar-refractivity contribution < 1.29 is 60.9 Å². The number of benzene rings is 2. The summed E-state index contributed by atoms with van der Waals surface area (Å²) in [7, 11) is -4.82. The lowest BCUT2D eigenvalue weighted by molar-refractivity contribution is -0.200. The largest absolute Gasteiger partial charge is 0.462 e. The third kappa shape index (κ3) is 6.77. The first-order valence-electron chi connectivity index (χ1n) is 13.1. The maximum atomic E-state index is 14.6. The van der Waals surface area contributed by atoms with E-state index < -0.39 is 86.9 Å². The minimum Gasteiger partial charge on any atom is -0.462 e. The Morgan fingerprint density at radius 2 is 1.84 bits per heavy atom. The first kappa shape index (κ1) is 32.6. The summed E-state index contributed by atoms with van der Waals surface area (Å²) in [6.07, 6.45) is -11.5. The van der Waals surface area contributed by atoms with Gasteiger partial charge in [-0.25, -0.2) is 17.7 Å². The maximum Gasteiger partial charge on any atom is 0.459 e. The van der Waals surface area contributed by atoms with Crippen LogP contribution in [0.3, 0.4) is 0 Å². The number of amides is 1. The molecule has 12 nitrogen and oxygen atoms in total. The Morgan fingerprint density at radius 3 is 2.51 bits per heavy atom. The smallest absolute Gasteiger partial charge is 0.459 e. The number of nitrogens with zero attached hydrogens (tertiary/aromatic N) is 1. The Balaban J connectivity index is 1.66. The fourth-order valence-corrected chi connectivity index (χ4v) is 6.04. The van der Waals surface area contributed by atoms with Crippen molar-refractivity contribution >= 4 is 36.2 Å². The van der Waals surface area contributed by atoms with Crippen LogP contribution in [0.25, 0.3) is 10.8 Å². The van der Waals surface area contributed by atoms with Crippen molar-refractivity contribution in [2.24, 2.45) is 0 Å². The fourth-order valence-electron chi connectivity index (χ4n) is 4.49. The van der Waals surface area contributed by atoms with Crippen molar-refractivity contribution in [2.75, 3.05) is 6.61 Å². The number of fused-ring (bicyclic) bond motifs is 1. The van der Waals surface area contributed by atoms with Crippen LogP contribution in [0.5, 0.6) is 5.75 Å². The topological polar surface area (TPSA) is 161 Å². The van der Waals surface area contributed by atoms with E-state index in [4.69, 9.17) is 18.5 Å². The van der Waals surface area contributed by atoms with Gasteiger partial charge in [-0.3, -0.25) is 23.8 Å². The highest BCUT2D eigenvalue weighted by atomic mass is 31.2. The molecule has 0 aliphatic carbocycles. The quantitative estimate of drug-likeness (QED) is 0.190. The van der Waals surface area contributed by atoms with E-state index in [1.807, 2.05) is 0 Å². The van der Waals surface area contributed by atoms with Crippen LogP contribution in [0.1, 0.15) is 27.2 Å². The summed E-state index contributed by atoms with van der Waals surface area (Å²) < 4.78 is 78.6. The predicted molar refractivity (Wildman–Crippen MR) is 143 cm³/mol.